The van der Waals surface area contributed by atoms with Crippen LogP contribution in [-0.4, -0.2) is 22.2 Å². The number of pyridine rings is 1. The van der Waals surface area contributed by atoms with Gasteiger partial charge >= 0.3 is 0 Å². The highest BCUT2D eigenvalue weighted by Crippen LogP contribution is 2.27. The number of nitrogens with two attached hydrogens (primary N) is 1. The molecule has 23 heavy (non-hydrogen) atoms. The van der Waals surface area contributed by atoms with Crippen molar-refractivity contribution in [3.8, 4) is 28.6 Å². The minimum absolute atomic E-state index is 0.402. The molecular formula is C17H20N4O2. The molecule has 0 fully saturated rings. The SMILES string of the molecule is CC.COc1cc(-c2noc(-c3ccnc(N)c3)n2)ccc1C. The summed E-state index contributed by atoms with van der Waals surface area (Å²) in [5.41, 5.74) is 8.26. The Morgan fingerprint density at radius 3 is 2.57 bits per heavy atom. The van der Waals surface area contributed by atoms with Gasteiger partial charge in [-0.15, -0.1) is 0 Å². The summed E-state index contributed by atoms with van der Waals surface area (Å²) in [6.07, 6.45) is 1.60. The Morgan fingerprint density at radius 1 is 1.09 bits per heavy atom. The summed E-state index contributed by atoms with van der Waals surface area (Å²) >= 11 is 0. The molecule has 0 saturated heterocycles. The zero-order valence-electron chi connectivity index (χ0n) is 13.7. The summed E-state index contributed by atoms with van der Waals surface area (Å²) in [5.74, 6) is 2.09. The molecule has 6 heteroatoms. The van der Waals surface area contributed by atoms with Crippen LogP contribution in [0.4, 0.5) is 5.82 Å². The minimum Gasteiger partial charge on any atom is -0.496 e. The molecule has 2 aromatic heterocycles. The number of nitrogens with zero attached hydrogens (tertiary/aromatic N) is 3. The topological polar surface area (TPSA) is 87.1 Å². The summed E-state index contributed by atoms with van der Waals surface area (Å²) in [4.78, 5) is 8.31. The molecule has 120 valence electrons. The third-order valence-corrected chi connectivity index (χ3v) is 3.12. The van der Waals surface area contributed by atoms with Crippen molar-refractivity contribution < 1.29 is 9.26 Å². The van der Waals surface area contributed by atoms with E-state index in [-0.39, 0.29) is 0 Å². The van der Waals surface area contributed by atoms with Gasteiger partial charge in [0.2, 0.25) is 5.82 Å². The normalized spacial score (nSPS) is 9.91. The second-order valence-electron chi connectivity index (χ2n) is 4.58. The number of methoxy groups -OCH3 is 1. The van der Waals surface area contributed by atoms with Gasteiger partial charge in [-0.2, -0.15) is 4.98 Å². The number of hydrogen-bond acceptors (Lipinski definition) is 6. The Labute approximate surface area is 135 Å². The first kappa shape index (κ1) is 16.5. The first-order valence-corrected chi connectivity index (χ1v) is 7.38. The fraction of sp³-hybridized carbons (Fsp3) is 0.235. The average Bonchev–Trinajstić information content (AvgIpc) is 3.07. The number of rotatable bonds is 3. The molecule has 2 heterocycles. The van der Waals surface area contributed by atoms with E-state index in [2.05, 4.69) is 15.1 Å². The van der Waals surface area contributed by atoms with E-state index >= 15 is 0 Å². The van der Waals surface area contributed by atoms with Gasteiger partial charge < -0.3 is 15.0 Å². The number of aryl methyl sites for hydroxylation is 1. The van der Waals surface area contributed by atoms with Crippen LogP contribution >= 0.6 is 0 Å². The first-order chi connectivity index (χ1) is 11.2. The molecule has 0 aliphatic heterocycles. The van der Waals surface area contributed by atoms with Crippen molar-refractivity contribution >= 4 is 5.82 Å². The molecule has 0 bridgehead atoms. The van der Waals surface area contributed by atoms with Crippen molar-refractivity contribution in [1.29, 1.82) is 0 Å². The van der Waals surface area contributed by atoms with Crippen LogP contribution in [0.15, 0.2) is 41.1 Å². The molecule has 0 aliphatic carbocycles. The Balaban J connectivity index is 0.000000924. The summed E-state index contributed by atoms with van der Waals surface area (Å²) in [5, 5.41) is 3.99. The lowest BCUT2D eigenvalue weighted by Crippen LogP contribution is -1.90. The van der Waals surface area contributed by atoms with Crippen LogP contribution in [0.2, 0.25) is 0 Å². The maximum Gasteiger partial charge on any atom is 0.258 e. The molecule has 0 radical (unpaired) electrons. The molecule has 0 aliphatic rings. The van der Waals surface area contributed by atoms with Crippen molar-refractivity contribution in [1.82, 2.24) is 15.1 Å². The number of anilines is 1. The molecular weight excluding hydrogens is 292 g/mol. The van der Waals surface area contributed by atoms with Gasteiger partial charge in [0, 0.05) is 17.3 Å². The molecule has 2 N–H and O–H groups in total. The smallest absolute Gasteiger partial charge is 0.258 e. The predicted molar refractivity (Wildman–Crippen MR) is 90.0 cm³/mol. The monoisotopic (exact) mass is 312 g/mol. The van der Waals surface area contributed by atoms with E-state index in [1.165, 1.54) is 0 Å². The van der Waals surface area contributed by atoms with Crippen LogP contribution in [0, 0.1) is 6.92 Å². The molecule has 0 saturated carbocycles. The van der Waals surface area contributed by atoms with E-state index < -0.39 is 0 Å². The van der Waals surface area contributed by atoms with Crippen LogP contribution in [-0.2, 0) is 0 Å². The standard InChI is InChI=1S/C15H14N4O2.C2H6/c1-9-3-4-10(7-12(9)20-2)14-18-15(21-19-14)11-5-6-17-13(16)8-11;1-2/h3-8H,1-2H3,(H2,16,17);1-2H3. The van der Waals surface area contributed by atoms with E-state index in [1.54, 1.807) is 25.4 Å². The van der Waals surface area contributed by atoms with Crippen molar-refractivity contribution in [3.63, 3.8) is 0 Å². The Kier molecular flexibility index (Phi) is 5.30. The van der Waals surface area contributed by atoms with E-state index in [0.29, 0.717) is 17.5 Å². The lowest BCUT2D eigenvalue weighted by Gasteiger charge is -2.04. The molecule has 3 aromatic rings. The maximum atomic E-state index is 5.65. The lowest BCUT2D eigenvalue weighted by molar-refractivity contribution is 0.411. The number of aromatic nitrogens is 3. The molecule has 3 rings (SSSR count). The van der Waals surface area contributed by atoms with Crippen molar-refractivity contribution in [2.24, 2.45) is 0 Å². The van der Waals surface area contributed by atoms with E-state index in [9.17, 15) is 0 Å². The second-order valence-corrected chi connectivity index (χ2v) is 4.58. The third kappa shape index (κ3) is 3.66. The van der Waals surface area contributed by atoms with Gasteiger partial charge in [-0.3, -0.25) is 0 Å². The summed E-state index contributed by atoms with van der Waals surface area (Å²) in [6, 6.07) is 9.21. The van der Waals surface area contributed by atoms with Crippen LogP contribution < -0.4 is 10.5 Å². The van der Waals surface area contributed by atoms with Gasteiger partial charge in [0.15, 0.2) is 0 Å². The zero-order valence-corrected chi connectivity index (χ0v) is 13.7. The molecule has 0 amide bonds. The highest BCUT2D eigenvalue weighted by molar-refractivity contribution is 5.63. The highest BCUT2D eigenvalue weighted by atomic mass is 16.5. The van der Waals surface area contributed by atoms with Gasteiger partial charge in [-0.1, -0.05) is 31.1 Å². The molecule has 0 atom stereocenters. The predicted octanol–water partition coefficient (Wildman–Crippen LogP) is 3.72. The molecule has 6 nitrogen and oxygen atoms in total. The van der Waals surface area contributed by atoms with E-state index in [4.69, 9.17) is 15.0 Å². The molecule has 0 spiro atoms. The third-order valence-electron chi connectivity index (χ3n) is 3.12. The van der Waals surface area contributed by atoms with Crippen molar-refractivity contribution in [2.75, 3.05) is 12.8 Å². The quantitative estimate of drug-likeness (QED) is 0.793. The summed E-state index contributed by atoms with van der Waals surface area (Å²) in [7, 11) is 1.63. The lowest BCUT2D eigenvalue weighted by atomic mass is 10.1. The van der Waals surface area contributed by atoms with Crippen molar-refractivity contribution in [3.05, 3.63) is 42.1 Å². The van der Waals surface area contributed by atoms with Crippen LogP contribution in [0.5, 0.6) is 5.75 Å². The van der Waals surface area contributed by atoms with Gasteiger partial charge in [0.1, 0.15) is 11.6 Å². The largest absolute Gasteiger partial charge is 0.496 e. The number of nitrogen functional groups attached to an aromatic ring is 1. The van der Waals surface area contributed by atoms with Crippen molar-refractivity contribution in [2.45, 2.75) is 20.8 Å². The number of benzene rings is 1. The molecule has 1 aromatic carbocycles. The average molecular weight is 312 g/mol. The fourth-order valence-corrected chi connectivity index (χ4v) is 2.00. The van der Waals surface area contributed by atoms with Gasteiger partial charge in [0.05, 0.1) is 7.11 Å². The Morgan fingerprint density at radius 2 is 1.87 bits per heavy atom. The Hall–Kier alpha value is -2.89. The van der Waals surface area contributed by atoms with E-state index in [1.807, 2.05) is 39.0 Å². The van der Waals surface area contributed by atoms with Gasteiger partial charge in [0.25, 0.3) is 5.89 Å². The zero-order chi connectivity index (χ0) is 16.8. The summed E-state index contributed by atoms with van der Waals surface area (Å²) in [6.45, 7) is 5.98. The van der Waals surface area contributed by atoms with Gasteiger partial charge in [-0.25, -0.2) is 4.98 Å². The first-order valence-electron chi connectivity index (χ1n) is 7.38. The van der Waals surface area contributed by atoms with Crippen LogP contribution in [0.1, 0.15) is 19.4 Å². The fourth-order valence-electron chi connectivity index (χ4n) is 2.00. The van der Waals surface area contributed by atoms with Crippen LogP contribution in [0.3, 0.4) is 0 Å². The van der Waals surface area contributed by atoms with E-state index in [0.717, 1.165) is 22.4 Å². The van der Waals surface area contributed by atoms with Gasteiger partial charge in [-0.05, 0) is 30.7 Å². The minimum atomic E-state index is 0.402. The highest BCUT2D eigenvalue weighted by Gasteiger charge is 2.12. The van der Waals surface area contributed by atoms with Crippen LogP contribution in [0.25, 0.3) is 22.8 Å². The number of hydrogen-bond donors (Lipinski definition) is 1. The second kappa shape index (κ2) is 7.40. The summed E-state index contributed by atoms with van der Waals surface area (Å²) < 4.78 is 10.6. The maximum absolute atomic E-state index is 5.65. The molecule has 0 unspecified atom stereocenters. The number of ether oxygens (including phenoxy) is 1. The Bertz CT molecular complexity index is 784.